The first-order chi connectivity index (χ1) is 26.2. The Morgan fingerprint density at radius 2 is 1.04 bits per heavy atom. The minimum absolute atomic E-state index is 0.661. The first kappa shape index (κ1) is 46.8. The van der Waals surface area contributed by atoms with Crippen LogP contribution in [0, 0.1) is 0 Å². The highest BCUT2D eigenvalue weighted by molar-refractivity contribution is 7.80. The third kappa shape index (κ3) is 11.0. The van der Waals surface area contributed by atoms with E-state index in [4.69, 9.17) is 37.9 Å². The van der Waals surface area contributed by atoms with Gasteiger partial charge in [0.15, 0.2) is 25.2 Å². The molecule has 0 aliphatic carbocycles. The molecule has 0 bridgehead atoms. The lowest BCUT2D eigenvalue weighted by Gasteiger charge is -2.48. The van der Waals surface area contributed by atoms with Gasteiger partial charge in [-0.3, -0.25) is 14.1 Å². The first-order valence-corrected chi connectivity index (χ1v) is 18.5. The number of carbonyl (C=O) groups is 2. The lowest BCUT2D eigenvalue weighted by molar-refractivity contribution is -0.356. The number of hydrogen-bond acceptors (Lipinski definition) is 23. The normalized spacial score (nSPS) is 44.9. The van der Waals surface area contributed by atoms with Crippen LogP contribution < -0.4 is 10.6 Å². The van der Waals surface area contributed by atoms with Gasteiger partial charge in [-0.2, -0.15) is 8.42 Å². The van der Waals surface area contributed by atoms with Crippen molar-refractivity contribution in [3.63, 3.8) is 0 Å². The average molecular weight is 843 g/mol. The Morgan fingerprint density at radius 3 is 1.50 bits per heavy atom. The number of methoxy groups -OCH3 is 1. The molecule has 0 aromatic heterocycles. The lowest BCUT2D eigenvalue weighted by Crippen LogP contribution is -2.69. The van der Waals surface area contributed by atoms with Crippen molar-refractivity contribution >= 4 is 22.2 Å². The molecule has 2 amide bonds. The molecule has 56 heavy (non-hydrogen) atoms. The zero-order valence-electron chi connectivity index (χ0n) is 30.0. The second-order valence-electron chi connectivity index (χ2n) is 13.4. The monoisotopic (exact) mass is 842 g/mol. The van der Waals surface area contributed by atoms with Crippen molar-refractivity contribution in [2.75, 3.05) is 33.5 Å². The molecule has 326 valence electrons. The summed E-state index contributed by atoms with van der Waals surface area (Å²) in [7, 11) is -4.02. The summed E-state index contributed by atoms with van der Waals surface area (Å²) in [5.74, 6) is -1.45. The fourth-order valence-corrected chi connectivity index (χ4v) is 6.88. The van der Waals surface area contributed by atoms with Gasteiger partial charge in [-0.05, 0) is 0 Å². The third-order valence-electron chi connectivity index (χ3n) is 9.40. The van der Waals surface area contributed by atoms with Crippen molar-refractivity contribution in [2.45, 2.75) is 137 Å². The summed E-state index contributed by atoms with van der Waals surface area (Å²) in [6.07, 6.45) is -31.9. The topological polar surface area (TPSA) is 398 Å². The summed E-state index contributed by atoms with van der Waals surface area (Å²) in [6, 6.07) is -2.99. The molecule has 0 spiro atoms. The van der Waals surface area contributed by atoms with Gasteiger partial charge in [0.1, 0.15) is 97.5 Å². The zero-order valence-corrected chi connectivity index (χ0v) is 30.8. The van der Waals surface area contributed by atoms with E-state index in [1.54, 1.807) is 0 Å². The van der Waals surface area contributed by atoms with Gasteiger partial charge < -0.3 is 99.6 Å². The van der Waals surface area contributed by atoms with Crippen molar-refractivity contribution in [2.24, 2.45) is 0 Å². The van der Waals surface area contributed by atoms with E-state index in [1.165, 1.54) is 0 Å². The van der Waals surface area contributed by atoms with E-state index in [-0.39, 0.29) is 0 Å². The minimum Gasteiger partial charge on any atom is -0.394 e. The number of carbonyl (C=O) groups excluding carboxylic acids is 2. The number of nitrogens with one attached hydrogen (secondary N) is 2. The molecule has 4 rings (SSSR count). The molecule has 4 aliphatic rings. The highest BCUT2D eigenvalue weighted by Crippen LogP contribution is 2.33. The van der Waals surface area contributed by atoms with Crippen LogP contribution in [0.2, 0.25) is 0 Å². The zero-order chi connectivity index (χ0) is 41.8. The van der Waals surface area contributed by atoms with Gasteiger partial charge in [0.2, 0.25) is 11.8 Å². The fraction of sp³-hybridized carbons (Fsp3) is 0.931. The highest BCUT2D eigenvalue weighted by Gasteiger charge is 2.54. The molecule has 4 aliphatic heterocycles. The maximum Gasteiger partial charge on any atom is 0.397 e. The number of ether oxygens (including phenoxy) is 8. The van der Waals surface area contributed by atoms with Crippen LogP contribution in [0.25, 0.3) is 0 Å². The molecule has 0 aromatic rings. The predicted octanol–water partition coefficient (Wildman–Crippen LogP) is -8.98. The molecule has 0 aromatic carbocycles. The minimum atomic E-state index is -5.18. The van der Waals surface area contributed by atoms with E-state index in [2.05, 4.69) is 14.8 Å². The van der Waals surface area contributed by atoms with Gasteiger partial charge in [-0.1, -0.05) is 0 Å². The van der Waals surface area contributed by atoms with E-state index < -0.39 is 171 Å². The molecular formula is C29H50N2O24S. The second kappa shape index (κ2) is 19.9. The SMILES string of the molecule is CO[C@H]1O[C@H](CO[C@@H]2O[C@H](COS(=O)(=O)O)[C@@H](O[C@@H]3O[C@H](CO)[C@H](O)[C@H](O)[C@H]3O)[C@H](O)[C@H]2NC(C)=O)[C@H](O)[C@H](O[C@@H]2O[C@H](CO)[C@H](O)[C@H](O)[C@H]2O)[C@H]1NC(C)=O. The molecule has 26 nitrogen and oxygen atoms in total. The van der Waals surface area contributed by atoms with E-state index in [0.29, 0.717) is 0 Å². The highest BCUT2D eigenvalue weighted by atomic mass is 32.3. The molecule has 0 saturated carbocycles. The Hall–Kier alpha value is -1.91. The van der Waals surface area contributed by atoms with Crippen molar-refractivity contribution in [1.82, 2.24) is 10.6 Å². The third-order valence-corrected chi connectivity index (χ3v) is 9.84. The predicted molar refractivity (Wildman–Crippen MR) is 172 cm³/mol. The molecular weight excluding hydrogens is 792 g/mol. The smallest absolute Gasteiger partial charge is 0.394 e. The van der Waals surface area contributed by atoms with Crippen LogP contribution in [-0.2, 0) is 62.1 Å². The lowest BCUT2D eigenvalue weighted by atomic mass is 9.94. The van der Waals surface area contributed by atoms with Crippen molar-refractivity contribution in [1.29, 1.82) is 0 Å². The number of aliphatic hydroxyl groups is 10. The number of aliphatic hydroxyl groups excluding tert-OH is 10. The Labute approximate surface area is 318 Å². The number of amides is 2. The summed E-state index contributed by atoms with van der Waals surface area (Å²) >= 11 is 0. The molecule has 4 saturated heterocycles. The van der Waals surface area contributed by atoms with Crippen molar-refractivity contribution in [3.8, 4) is 0 Å². The summed E-state index contributed by atoms with van der Waals surface area (Å²) in [5, 5.41) is 109. The molecule has 20 atom stereocenters. The quantitative estimate of drug-likeness (QED) is 0.0681. The van der Waals surface area contributed by atoms with Gasteiger partial charge in [0.05, 0.1) is 26.4 Å². The summed E-state index contributed by atoms with van der Waals surface area (Å²) in [6.45, 7) is -1.41. The van der Waals surface area contributed by atoms with Gasteiger partial charge in [0, 0.05) is 21.0 Å². The van der Waals surface area contributed by atoms with Crippen LogP contribution in [0.4, 0.5) is 0 Å². The van der Waals surface area contributed by atoms with Crippen LogP contribution in [0.3, 0.4) is 0 Å². The van der Waals surface area contributed by atoms with Gasteiger partial charge in [0.25, 0.3) is 0 Å². The first-order valence-electron chi connectivity index (χ1n) is 17.1. The van der Waals surface area contributed by atoms with Gasteiger partial charge in [-0.25, -0.2) is 4.18 Å². The summed E-state index contributed by atoms with van der Waals surface area (Å²) in [4.78, 5) is 24.4. The summed E-state index contributed by atoms with van der Waals surface area (Å²) in [5.41, 5.74) is 0. The van der Waals surface area contributed by atoms with Gasteiger partial charge >= 0.3 is 10.4 Å². The van der Waals surface area contributed by atoms with Crippen molar-refractivity contribution < 1.29 is 116 Å². The molecule has 0 radical (unpaired) electrons. The van der Waals surface area contributed by atoms with E-state index in [1.807, 2.05) is 0 Å². The Kier molecular flexibility index (Phi) is 16.6. The Morgan fingerprint density at radius 1 is 0.571 bits per heavy atom. The largest absolute Gasteiger partial charge is 0.397 e. The molecule has 13 N–H and O–H groups in total. The van der Waals surface area contributed by atoms with Crippen LogP contribution >= 0.6 is 0 Å². The van der Waals surface area contributed by atoms with Crippen LogP contribution in [0.15, 0.2) is 0 Å². The standard InChI is InChI=1S/C29H50N2O24S/c1-8(34)30-14-19(39)24(54-28-22(42)20(40)16(36)10(4-32)50-28)13(7-49-56(44,45)46)53-27(14)48-6-12-18(38)25(15(31-9(2)35)26(47-3)52-12)55-29-23(43)21(41)17(37)11(5-33)51-29/h10-29,32-33,36-43H,4-7H2,1-3H3,(H,30,34)(H,31,35)(H,44,45,46)/t10-,11-,12-,13-,14-,15-,16+,17+,18+,19-,20+,21+,22-,23-,24-,25-,26+,27-,28+,29+/m1/s1. The Bertz CT molecular complexity index is 1400. The van der Waals surface area contributed by atoms with Crippen LogP contribution in [-0.4, -0.2) is 232 Å². The Balaban J connectivity index is 1.60. The molecule has 27 heteroatoms. The van der Waals surface area contributed by atoms with Crippen LogP contribution in [0.1, 0.15) is 13.8 Å². The number of rotatable bonds is 15. The fourth-order valence-electron chi connectivity index (χ4n) is 6.57. The van der Waals surface area contributed by atoms with Crippen molar-refractivity contribution in [3.05, 3.63) is 0 Å². The molecule has 0 unspecified atom stereocenters. The van der Waals surface area contributed by atoms with E-state index >= 15 is 0 Å². The molecule has 4 heterocycles. The maximum atomic E-state index is 12.3. The van der Waals surface area contributed by atoms with Crippen LogP contribution in [0.5, 0.6) is 0 Å². The van der Waals surface area contributed by atoms with Gasteiger partial charge in [-0.15, -0.1) is 0 Å². The molecule has 4 fully saturated rings. The second-order valence-corrected chi connectivity index (χ2v) is 14.5. The maximum absolute atomic E-state index is 12.3. The number of hydrogen-bond donors (Lipinski definition) is 13. The average Bonchev–Trinajstić information content (AvgIpc) is 3.13. The van der Waals surface area contributed by atoms with E-state index in [0.717, 1.165) is 21.0 Å². The summed E-state index contributed by atoms with van der Waals surface area (Å²) < 4.78 is 81.7. The van der Waals surface area contributed by atoms with E-state index in [9.17, 15) is 73.6 Å².